The van der Waals surface area contributed by atoms with Crippen LogP contribution in [0.5, 0.6) is 0 Å². The van der Waals surface area contributed by atoms with E-state index in [0.29, 0.717) is 5.69 Å². The molecule has 1 aliphatic heterocycles. The number of nitrogens with two attached hydrogens (primary N) is 1. The Morgan fingerprint density at radius 1 is 1.29 bits per heavy atom. The van der Waals surface area contributed by atoms with Gasteiger partial charge in [0.05, 0.1) is 23.1 Å². The van der Waals surface area contributed by atoms with E-state index in [1.54, 1.807) is 6.07 Å². The van der Waals surface area contributed by atoms with Crippen molar-refractivity contribution in [3.05, 3.63) is 17.6 Å². The molecule has 0 unspecified atom stereocenters. The summed E-state index contributed by atoms with van der Waals surface area (Å²) in [5, 5.41) is 13.4. The molecule has 5 rings (SSSR count). The first-order valence-corrected chi connectivity index (χ1v) is 10.7. The van der Waals surface area contributed by atoms with Crippen LogP contribution in [0.15, 0.2) is 10.6 Å². The molecule has 0 aromatic carbocycles. The second-order valence-corrected chi connectivity index (χ2v) is 9.51. The average Bonchev–Trinajstić information content (AvgIpc) is 3.38. The second-order valence-electron chi connectivity index (χ2n) is 7.96. The lowest BCUT2D eigenvalue weighted by Gasteiger charge is -2.30. The Morgan fingerprint density at radius 2 is 1.96 bits per heavy atom. The molecule has 1 spiro atoms. The smallest absolute Gasteiger partial charge is 0.276 e. The predicted molar refractivity (Wildman–Crippen MR) is 92.6 cm³/mol. The van der Waals surface area contributed by atoms with Gasteiger partial charge in [-0.1, -0.05) is 5.16 Å². The molecule has 2 saturated carbocycles. The number of aryl methyl sites for hydroxylation is 1. The molecule has 2 aliphatic carbocycles. The van der Waals surface area contributed by atoms with Gasteiger partial charge in [-0.25, -0.2) is 13.9 Å². The topological polar surface area (TPSA) is 120 Å². The molecule has 9 nitrogen and oxygen atoms in total. The minimum absolute atomic E-state index is 0.00405. The lowest BCUT2D eigenvalue weighted by Crippen LogP contribution is -2.43. The third kappa shape index (κ3) is 2.54. The zero-order valence-electron chi connectivity index (χ0n) is 15.2. The summed E-state index contributed by atoms with van der Waals surface area (Å²) in [4.78, 5) is 4.26. The van der Waals surface area contributed by atoms with Gasteiger partial charge >= 0.3 is 0 Å². The number of hydrogen-bond acceptors (Lipinski definition) is 6. The van der Waals surface area contributed by atoms with Gasteiger partial charge in [0, 0.05) is 13.1 Å². The van der Waals surface area contributed by atoms with E-state index in [1.807, 2.05) is 11.6 Å². The van der Waals surface area contributed by atoms with Crippen LogP contribution in [0.25, 0.3) is 11.6 Å². The van der Waals surface area contributed by atoms with Crippen LogP contribution in [0.1, 0.15) is 49.2 Å². The molecule has 28 heavy (non-hydrogen) atoms. The van der Waals surface area contributed by atoms with E-state index in [4.69, 9.17) is 9.66 Å². The van der Waals surface area contributed by atoms with E-state index >= 15 is 0 Å². The molecule has 3 fully saturated rings. The van der Waals surface area contributed by atoms with Gasteiger partial charge in [-0.15, -0.1) is 0 Å². The summed E-state index contributed by atoms with van der Waals surface area (Å²) in [6, 6.07) is 2.09. The van der Waals surface area contributed by atoms with E-state index in [1.165, 1.54) is 0 Å². The van der Waals surface area contributed by atoms with Crippen molar-refractivity contribution < 1.29 is 21.7 Å². The van der Waals surface area contributed by atoms with Gasteiger partial charge < -0.3 is 4.52 Å². The first-order valence-electron chi connectivity index (χ1n) is 9.19. The zero-order chi connectivity index (χ0) is 19.9. The highest BCUT2D eigenvalue weighted by Crippen LogP contribution is 2.75. The molecular weight excluding hydrogens is 394 g/mol. The number of hydrogen-bond donors (Lipinski definition) is 1. The van der Waals surface area contributed by atoms with Crippen LogP contribution < -0.4 is 5.14 Å². The average molecular weight is 414 g/mol. The van der Waals surface area contributed by atoms with Crippen molar-refractivity contribution in [2.24, 2.45) is 10.6 Å². The standard InChI is InChI=1S/C16H20F2N6O3S/c1-9-8-11(24(21-9)10-2-3-10)14-20-13(22-27-14)12-15(16(12,17)18)4-6-23(7-5-15)28(19,25)26/h8,10,12H,2-7H2,1H3,(H2,19,25,26)/t12-/m0/s1. The lowest BCUT2D eigenvalue weighted by atomic mass is 9.91. The summed E-state index contributed by atoms with van der Waals surface area (Å²) >= 11 is 0. The second kappa shape index (κ2) is 5.57. The van der Waals surface area contributed by atoms with Crippen LogP contribution in [0.2, 0.25) is 0 Å². The zero-order valence-corrected chi connectivity index (χ0v) is 16.0. The number of aromatic nitrogens is 4. The summed E-state index contributed by atoms with van der Waals surface area (Å²) < 4.78 is 60.5. The fraction of sp³-hybridized carbons (Fsp3) is 0.688. The van der Waals surface area contributed by atoms with Crippen molar-refractivity contribution in [1.29, 1.82) is 0 Å². The summed E-state index contributed by atoms with van der Waals surface area (Å²) in [5.74, 6) is -4.04. The molecule has 2 N–H and O–H groups in total. The Morgan fingerprint density at radius 3 is 2.57 bits per heavy atom. The Hall–Kier alpha value is -1.92. The highest BCUT2D eigenvalue weighted by molar-refractivity contribution is 7.86. The van der Waals surface area contributed by atoms with Crippen molar-refractivity contribution in [3.8, 4) is 11.6 Å². The highest BCUT2D eigenvalue weighted by atomic mass is 32.2. The van der Waals surface area contributed by atoms with Crippen molar-refractivity contribution in [3.63, 3.8) is 0 Å². The number of rotatable bonds is 4. The molecule has 0 bridgehead atoms. The van der Waals surface area contributed by atoms with Crippen LogP contribution in [0.3, 0.4) is 0 Å². The first kappa shape index (κ1) is 18.1. The van der Waals surface area contributed by atoms with Crippen molar-refractivity contribution in [2.45, 2.75) is 50.5 Å². The molecule has 12 heteroatoms. The van der Waals surface area contributed by atoms with Crippen LogP contribution in [0.4, 0.5) is 8.78 Å². The minimum atomic E-state index is -3.88. The molecule has 0 amide bonds. The minimum Gasteiger partial charge on any atom is -0.332 e. The Labute approximate surface area is 160 Å². The van der Waals surface area contributed by atoms with Crippen LogP contribution in [-0.2, 0) is 10.2 Å². The molecule has 2 aromatic rings. The molecule has 0 radical (unpaired) electrons. The third-order valence-corrected chi connectivity index (χ3v) is 7.22. The predicted octanol–water partition coefficient (Wildman–Crippen LogP) is 1.59. The van der Waals surface area contributed by atoms with Gasteiger partial charge in [0.25, 0.3) is 22.0 Å². The van der Waals surface area contributed by atoms with Crippen molar-refractivity contribution in [2.75, 3.05) is 13.1 Å². The Balaban J connectivity index is 1.41. The van der Waals surface area contributed by atoms with E-state index in [-0.39, 0.29) is 43.7 Å². The van der Waals surface area contributed by atoms with Crippen molar-refractivity contribution in [1.82, 2.24) is 24.2 Å². The van der Waals surface area contributed by atoms with E-state index in [9.17, 15) is 17.2 Å². The largest absolute Gasteiger partial charge is 0.332 e. The highest BCUT2D eigenvalue weighted by Gasteiger charge is 2.82. The fourth-order valence-electron chi connectivity index (χ4n) is 4.41. The Bertz CT molecular complexity index is 1040. The first-order chi connectivity index (χ1) is 13.1. The monoisotopic (exact) mass is 414 g/mol. The summed E-state index contributed by atoms with van der Waals surface area (Å²) in [6.07, 6.45) is 2.03. The Kier molecular flexibility index (Phi) is 3.61. The molecule has 3 aliphatic rings. The van der Waals surface area contributed by atoms with Gasteiger partial charge in [0.2, 0.25) is 0 Å². The van der Waals surface area contributed by atoms with Gasteiger partial charge in [0.15, 0.2) is 5.82 Å². The third-order valence-electron chi connectivity index (χ3n) is 6.14. The van der Waals surface area contributed by atoms with Crippen LogP contribution in [0, 0.1) is 12.3 Å². The van der Waals surface area contributed by atoms with Crippen LogP contribution in [-0.4, -0.2) is 51.7 Å². The number of nitrogens with zero attached hydrogens (tertiary/aromatic N) is 5. The summed E-state index contributed by atoms with van der Waals surface area (Å²) in [6.45, 7) is 1.77. The van der Waals surface area contributed by atoms with Gasteiger partial charge in [-0.3, -0.25) is 4.68 Å². The maximum absolute atomic E-state index is 14.7. The lowest BCUT2D eigenvalue weighted by molar-refractivity contribution is 0.0411. The normalized spacial score (nSPS) is 26.6. The summed E-state index contributed by atoms with van der Waals surface area (Å²) in [5.41, 5.74) is 0.0909. The molecule has 1 atom stereocenters. The van der Waals surface area contributed by atoms with Crippen molar-refractivity contribution >= 4 is 10.2 Å². The van der Waals surface area contributed by atoms with E-state index in [0.717, 1.165) is 22.8 Å². The molecule has 3 heterocycles. The molecule has 2 aromatic heterocycles. The number of halogens is 2. The van der Waals surface area contributed by atoms with Gasteiger partial charge in [-0.05, 0) is 38.7 Å². The number of alkyl halides is 2. The van der Waals surface area contributed by atoms with E-state index < -0.39 is 27.5 Å². The maximum atomic E-state index is 14.7. The molecule has 152 valence electrons. The molecule has 1 saturated heterocycles. The van der Waals surface area contributed by atoms with E-state index in [2.05, 4.69) is 15.2 Å². The quantitative estimate of drug-likeness (QED) is 0.811. The van der Waals surface area contributed by atoms with Crippen LogP contribution >= 0.6 is 0 Å². The maximum Gasteiger partial charge on any atom is 0.276 e. The SMILES string of the molecule is Cc1cc(-c2nc([C@@H]3C(F)(F)C34CCN(S(N)(=O)=O)CC4)no2)n(C2CC2)n1. The van der Waals surface area contributed by atoms with Gasteiger partial charge in [0.1, 0.15) is 5.69 Å². The summed E-state index contributed by atoms with van der Waals surface area (Å²) in [7, 11) is -3.88. The fourth-order valence-corrected chi connectivity index (χ4v) is 5.10. The number of piperidine rings is 1. The van der Waals surface area contributed by atoms with Gasteiger partial charge in [-0.2, -0.15) is 22.8 Å². The molecular formula is C16H20F2N6O3S.